The average molecular weight is 423 g/mol. The summed E-state index contributed by atoms with van der Waals surface area (Å²) >= 11 is 0. The third-order valence-corrected chi connectivity index (χ3v) is 7.81. The first-order chi connectivity index (χ1) is 15.5. The summed E-state index contributed by atoms with van der Waals surface area (Å²) in [5.41, 5.74) is 6.38. The quantitative estimate of drug-likeness (QED) is 0.286. The van der Waals surface area contributed by atoms with Crippen molar-refractivity contribution in [2.75, 3.05) is 0 Å². The number of benzene rings is 3. The van der Waals surface area contributed by atoms with Gasteiger partial charge >= 0.3 is 0 Å². The van der Waals surface area contributed by atoms with Gasteiger partial charge in [0, 0.05) is 27.1 Å². The van der Waals surface area contributed by atoms with Crippen molar-refractivity contribution in [2.24, 2.45) is 0 Å². The predicted octanol–water partition coefficient (Wildman–Crippen LogP) is 7.05. The Hall–Kier alpha value is -3.11. The summed E-state index contributed by atoms with van der Waals surface area (Å²) in [7, 11) is 0. The highest BCUT2D eigenvalue weighted by Gasteiger charge is 2.42. The molecule has 0 N–H and O–H groups in total. The number of carbonyl (C=O) groups is 1. The molecule has 2 unspecified atom stereocenters. The summed E-state index contributed by atoms with van der Waals surface area (Å²) < 4.78 is 11.8. The molecule has 4 heteroatoms. The number of aromatic nitrogens is 2. The first-order valence-corrected chi connectivity index (χ1v) is 11.7. The van der Waals surface area contributed by atoms with E-state index in [1.54, 1.807) is 6.92 Å². The van der Waals surface area contributed by atoms with Gasteiger partial charge in [0.2, 0.25) is 0 Å². The third kappa shape index (κ3) is 2.00. The minimum Gasteiger partial charge on any atom is -0.332 e. The van der Waals surface area contributed by atoms with Crippen molar-refractivity contribution in [3.05, 3.63) is 59.7 Å². The Labute approximate surface area is 186 Å². The largest absolute Gasteiger partial charge is 0.332 e. The molecule has 0 saturated carbocycles. The van der Waals surface area contributed by atoms with Crippen LogP contribution in [0.5, 0.6) is 0 Å². The maximum atomic E-state index is 13.2. The minimum atomic E-state index is -0.417. The van der Waals surface area contributed by atoms with Crippen molar-refractivity contribution in [2.45, 2.75) is 58.4 Å². The van der Waals surface area contributed by atoms with Gasteiger partial charge in [0.15, 0.2) is 5.78 Å². The SMILES string of the molecule is CCc1c(C(C)=O)c2c3ccccc3n3c2c2c1c1ccccc1n2C1(C)CCCC3O1. The van der Waals surface area contributed by atoms with E-state index in [9.17, 15) is 4.79 Å². The summed E-state index contributed by atoms with van der Waals surface area (Å²) in [5, 5.41) is 4.69. The van der Waals surface area contributed by atoms with Crippen molar-refractivity contribution in [1.29, 1.82) is 0 Å². The van der Waals surface area contributed by atoms with Gasteiger partial charge in [-0.1, -0.05) is 43.3 Å². The first kappa shape index (κ1) is 18.5. The number of ketones is 1. The third-order valence-electron chi connectivity index (χ3n) is 7.81. The monoisotopic (exact) mass is 422 g/mol. The van der Waals surface area contributed by atoms with E-state index in [1.165, 1.54) is 21.8 Å². The molecule has 3 aromatic carbocycles. The van der Waals surface area contributed by atoms with Crippen LogP contribution in [0.2, 0.25) is 0 Å². The standard InChI is InChI=1S/C28H26N2O2/c1-4-17-23(16(2)31)25-18-10-5-7-12-20(18)29-22-14-9-15-28(3,32-22)30-21-13-8-6-11-19(21)24(17)27(30)26(25)29/h5-8,10-13,22H,4,9,14-15H2,1-3H3. The van der Waals surface area contributed by atoms with E-state index in [1.807, 2.05) is 0 Å². The summed E-state index contributed by atoms with van der Waals surface area (Å²) in [4.78, 5) is 13.2. The van der Waals surface area contributed by atoms with Crippen LogP contribution >= 0.6 is 0 Å². The smallest absolute Gasteiger partial charge is 0.160 e. The molecule has 0 aliphatic carbocycles. The Kier molecular flexibility index (Phi) is 3.47. The molecule has 1 saturated heterocycles. The van der Waals surface area contributed by atoms with Gasteiger partial charge in [-0.15, -0.1) is 0 Å². The number of fused-ring (bicyclic) bond motifs is 10. The molecule has 2 aliphatic heterocycles. The predicted molar refractivity (Wildman–Crippen MR) is 129 cm³/mol. The number of para-hydroxylation sites is 2. The van der Waals surface area contributed by atoms with Crippen molar-refractivity contribution in [3.63, 3.8) is 0 Å². The molecule has 4 heterocycles. The van der Waals surface area contributed by atoms with Gasteiger partial charge in [0.1, 0.15) is 12.0 Å². The van der Waals surface area contributed by atoms with Crippen LogP contribution in [0, 0.1) is 0 Å². The number of nitrogens with zero attached hydrogens (tertiary/aromatic N) is 2. The average Bonchev–Trinajstić information content (AvgIpc) is 3.29. The number of Topliss-reactive ketones (excluding diaryl/α,β-unsaturated/α-hetero) is 1. The fourth-order valence-electron chi connectivity index (χ4n) is 6.69. The van der Waals surface area contributed by atoms with Gasteiger partial charge in [-0.2, -0.15) is 0 Å². The number of aryl methyl sites for hydroxylation is 1. The van der Waals surface area contributed by atoms with E-state index in [0.29, 0.717) is 0 Å². The van der Waals surface area contributed by atoms with E-state index in [-0.39, 0.29) is 12.0 Å². The van der Waals surface area contributed by atoms with Crippen LogP contribution in [0.25, 0.3) is 43.6 Å². The van der Waals surface area contributed by atoms with Crippen LogP contribution in [0.4, 0.5) is 0 Å². The first-order valence-electron chi connectivity index (χ1n) is 11.7. The molecule has 160 valence electrons. The Morgan fingerprint density at radius 3 is 2.44 bits per heavy atom. The molecule has 2 aliphatic rings. The lowest BCUT2D eigenvalue weighted by atomic mass is 9.91. The highest BCUT2D eigenvalue weighted by molar-refractivity contribution is 6.30. The van der Waals surface area contributed by atoms with Crippen LogP contribution in [-0.4, -0.2) is 14.9 Å². The number of hydrogen-bond acceptors (Lipinski definition) is 2. The number of hydrogen-bond donors (Lipinski definition) is 0. The Morgan fingerprint density at radius 2 is 1.72 bits per heavy atom. The van der Waals surface area contributed by atoms with E-state index in [0.717, 1.165) is 58.6 Å². The van der Waals surface area contributed by atoms with E-state index >= 15 is 0 Å². The Bertz CT molecular complexity index is 1620. The summed E-state index contributed by atoms with van der Waals surface area (Å²) in [6.07, 6.45) is 3.86. The molecule has 7 rings (SSSR count). The lowest BCUT2D eigenvalue weighted by Gasteiger charge is -2.39. The van der Waals surface area contributed by atoms with Crippen LogP contribution in [-0.2, 0) is 16.9 Å². The maximum absolute atomic E-state index is 13.2. The van der Waals surface area contributed by atoms with Crippen molar-refractivity contribution < 1.29 is 9.53 Å². The molecule has 2 aromatic heterocycles. The highest BCUT2D eigenvalue weighted by atomic mass is 16.5. The molecule has 0 radical (unpaired) electrons. The molecular weight excluding hydrogens is 396 g/mol. The van der Waals surface area contributed by atoms with Crippen LogP contribution in [0.3, 0.4) is 0 Å². The van der Waals surface area contributed by atoms with Gasteiger partial charge in [0.25, 0.3) is 0 Å². The summed E-state index contributed by atoms with van der Waals surface area (Å²) in [5.74, 6) is 0.142. The number of rotatable bonds is 2. The second kappa shape index (κ2) is 6.02. The Morgan fingerprint density at radius 1 is 1.03 bits per heavy atom. The number of carbonyl (C=O) groups excluding carboxylic acids is 1. The van der Waals surface area contributed by atoms with Gasteiger partial charge in [-0.25, -0.2) is 0 Å². The lowest BCUT2D eigenvalue weighted by molar-refractivity contribution is -0.186. The van der Waals surface area contributed by atoms with Gasteiger partial charge in [-0.3, -0.25) is 4.79 Å². The maximum Gasteiger partial charge on any atom is 0.160 e. The second-order valence-electron chi connectivity index (χ2n) is 9.59. The van der Waals surface area contributed by atoms with Crippen molar-refractivity contribution >= 4 is 49.4 Å². The molecule has 1 fully saturated rings. The van der Waals surface area contributed by atoms with Crippen LogP contribution in [0.15, 0.2) is 48.5 Å². The topological polar surface area (TPSA) is 36.2 Å². The van der Waals surface area contributed by atoms with Crippen molar-refractivity contribution in [1.82, 2.24) is 9.13 Å². The molecule has 4 nitrogen and oxygen atoms in total. The van der Waals surface area contributed by atoms with E-state index < -0.39 is 5.72 Å². The zero-order valence-corrected chi connectivity index (χ0v) is 18.7. The van der Waals surface area contributed by atoms with Gasteiger partial charge in [0.05, 0.1) is 22.1 Å². The highest BCUT2D eigenvalue weighted by Crippen LogP contribution is 2.52. The summed E-state index contributed by atoms with van der Waals surface area (Å²) in [6.45, 7) is 6.14. The Balaban J connectivity index is 1.92. The fraction of sp³-hybridized carbons (Fsp3) is 0.321. The molecule has 5 aromatic rings. The normalized spacial score (nSPS) is 22.4. The second-order valence-corrected chi connectivity index (χ2v) is 9.59. The van der Waals surface area contributed by atoms with Crippen molar-refractivity contribution in [3.8, 4) is 0 Å². The number of ether oxygens (including phenoxy) is 1. The van der Waals surface area contributed by atoms with E-state index in [4.69, 9.17) is 4.74 Å². The molecule has 0 amide bonds. The zero-order valence-electron chi connectivity index (χ0n) is 18.7. The molecule has 32 heavy (non-hydrogen) atoms. The van der Waals surface area contributed by atoms with Gasteiger partial charge < -0.3 is 13.9 Å². The zero-order chi connectivity index (χ0) is 21.8. The molecule has 2 atom stereocenters. The van der Waals surface area contributed by atoms with Crippen LogP contribution in [0.1, 0.15) is 62.2 Å². The fourth-order valence-corrected chi connectivity index (χ4v) is 6.69. The molecule has 0 spiro atoms. The van der Waals surface area contributed by atoms with Gasteiger partial charge in [-0.05, 0) is 57.2 Å². The summed E-state index contributed by atoms with van der Waals surface area (Å²) in [6, 6.07) is 17.2. The molecular formula is C28H26N2O2. The lowest BCUT2D eigenvalue weighted by Crippen LogP contribution is -2.37. The van der Waals surface area contributed by atoms with Crippen LogP contribution < -0.4 is 0 Å². The van der Waals surface area contributed by atoms with E-state index in [2.05, 4.69) is 71.5 Å². The molecule has 2 bridgehead atoms. The minimum absolute atomic E-state index is 0.0368.